The first-order valence-electron chi connectivity index (χ1n) is 5.78. The van der Waals surface area contributed by atoms with E-state index >= 15 is 0 Å². The van der Waals surface area contributed by atoms with E-state index in [0.717, 1.165) is 0 Å². The number of hydrogen-bond acceptors (Lipinski definition) is 2. The van der Waals surface area contributed by atoms with Crippen molar-refractivity contribution < 1.29 is 0 Å². The number of nitrogens with one attached hydrogen (secondary N) is 1. The van der Waals surface area contributed by atoms with Gasteiger partial charge in [-0.3, -0.25) is 9.59 Å². The Labute approximate surface area is 123 Å². The molecule has 1 aromatic carbocycles. The van der Waals surface area contributed by atoms with Gasteiger partial charge in [-0.25, -0.2) is 9.20 Å². The fraction of sp³-hybridized carbons (Fsp3) is 0.0769. The molecule has 102 valence electrons. The van der Waals surface area contributed by atoms with E-state index in [2.05, 4.69) is 4.98 Å². The monoisotopic (exact) mass is 309 g/mol. The van der Waals surface area contributed by atoms with Crippen molar-refractivity contribution in [2.24, 2.45) is 0 Å². The quantitative estimate of drug-likeness (QED) is 0.750. The van der Waals surface area contributed by atoms with Crippen molar-refractivity contribution in [3.05, 3.63) is 66.8 Å². The van der Waals surface area contributed by atoms with Gasteiger partial charge in [-0.2, -0.15) is 0 Å². The molecule has 0 fully saturated rings. The van der Waals surface area contributed by atoms with Crippen LogP contribution in [-0.2, 0) is 0 Å². The number of fused-ring (bicyclic) bond motifs is 1. The maximum absolute atomic E-state index is 12.4. The second kappa shape index (κ2) is 4.54. The number of rotatable bonds is 1. The van der Waals surface area contributed by atoms with Crippen LogP contribution in [0, 0.1) is 6.92 Å². The summed E-state index contributed by atoms with van der Waals surface area (Å²) in [7, 11) is 0. The largest absolute Gasteiger partial charge is 0.307 e. The van der Waals surface area contributed by atoms with Gasteiger partial charge in [-0.1, -0.05) is 29.3 Å². The molecule has 3 rings (SSSR count). The summed E-state index contributed by atoms with van der Waals surface area (Å²) in [4.78, 5) is 26.4. The summed E-state index contributed by atoms with van der Waals surface area (Å²) in [6.07, 6.45) is 1.50. The van der Waals surface area contributed by atoms with Crippen molar-refractivity contribution in [3.63, 3.8) is 0 Å². The first-order valence-corrected chi connectivity index (χ1v) is 6.54. The van der Waals surface area contributed by atoms with Crippen LogP contribution in [0.15, 0.2) is 40.1 Å². The molecule has 0 aliphatic carbocycles. The highest BCUT2D eigenvalue weighted by Crippen LogP contribution is 2.27. The predicted molar refractivity (Wildman–Crippen MR) is 78.4 cm³/mol. The number of hydrogen-bond donors (Lipinski definition) is 1. The lowest BCUT2D eigenvalue weighted by atomic mass is 10.3. The molecule has 0 aliphatic heterocycles. The topological polar surface area (TPSA) is 59.3 Å². The zero-order chi connectivity index (χ0) is 14.4. The summed E-state index contributed by atoms with van der Waals surface area (Å²) < 4.78 is 2.86. The Bertz CT molecular complexity index is 917. The van der Waals surface area contributed by atoms with E-state index in [-0.39, 0.29) is 11.1 Å². The lowest BCUT2D eigenvalue weighted by Crippen LogP contribution is -2.19. The van der Waals surface area contributed by atoms with Crippen molar-refractivity contribution in [2.75, 3.05) is 0 Å². The van der Waals surface area contributed by atoms with Crippen LogP contribution in [0.25, 0.3) is 11.3 Å². The molecule has 0 radical (unpaired) electrons. The molecular weight excluding hydrogens is 301 g/mol. The number of aromatic nitrogens is 3. The smallest absolute Gasteiger partial charge is 0.276 e. The van der Waals surface area contributed by atoms with Crippen molar-refractivity contribution >= 4 is 28.8 Å². The van der Waals surface area contributed by atoms with E-state index in [1.165, 1.54) is 21.5 Å². The first-order chi connectivity index (χ1) is 9.50. The molecule has 0 atom stereocenters. The van der Waals surface area contributed by atoms with Gasteiger partial charge in [0.15, 0.2) is 0 Å². The van der Waals surface area contributed by atoms with E-state index in [4.69, 9.17) is 23.2 Å². The van der Waals surface area contributed by atoms with Crippen LogP contribution in [0.3, 0.4) is 0 Å². The predicted octanol–water partition coefficient (Wildman–Crippen LogP) is 2.39. The third kappa shape index (κ3) is 1.78. The first kappa shape index (κ1) is 13.0. The molecule has 0 saturated carbocycles. The van der Waals surface area contributed by atoms with Crippen LogP contribution < -0.4 is 11.1 Å². The van der Waals surface area contributed by atoms with Crippen LogP contribution in [-0.4, -0.2) is 14.2 Å². The zero-order valence-corrected chi connectivity index (χ0v) is 11.9. The van der Waals surface area contributed by atoms with Gasteiger partial charge in [0.2, 0.25) is 0 Å². The normalized spacial score (nSPS) is 11.2. The lowest BCUT2D eigenvalue weighted by molar-refractivity contribution is 0.763. The molecule has 1 N–H and O–H groups in total. The Morgan fingerprint density at radius 3 is 2.40 bits per heavy atom. The number of para-hydroxylation sites is 1. The number of H-pyrrole nitrogens is 1. The minimum atomic E-state index is -0.290. The fourth-order valence-corrected chi connectivity index (χ4v) is 2.68. The Kier molecular flexibility index (Phi) is 2.96. The molecule has 0 aliphatic rings. The second-order valence-corrected chi connectivity index (χ2v) is 5.12. The van der Waals surface area contributed by atoms with Gasteiger partial charge in [-0.15, -0.1) is 0 Å². The third-order valence-corrected chi connectivity index (χ3v) is 3.68. The van der Waals surface area contributed by atoms with Crippen LogP contribution in [0.1, 0.15) is 5.56 Å². The van der Waals surface area contributed by atoms with Crippen LogP contribution in [0.5, 0.6) is 0 Å². The maximum atomic E-state index is 12.4. The molecule has 5 nitrogen and oxygen atoms in total. The van der Waals surface area contributed by atoms with Crippen molar-refractivity contribution in [1.82, 2.24) is 14.2 Å². The van der Waals surface area contributed by atoms with Gasteiger partial charge in [-0.05, 0) is 19.1 Å². The van der Waals surface area contributed by atoms with E-state index in [9.17, 15) is 9.59 Å². The van der Waals surface area contributed by atoms with Crippen LogP contribution >= 0.6 is 23.2 Å². The van der Waals surface area contributed by atoms with Gasteiger partial charge in [0.1, 0.15) is 11.3 Å². The summed E-state index contributed by atoms with van der Waals surface area (Å²) in [5.74, 6) is 0. The minimum absolute atomic E-state index is 0.282. The minimum Gasteiger partial charge on any atom is -0.307 e. The van der Waals surface area contributed by atoms with E-state index in [1.54, 1.807) is 25.1 Å². The maximum Gasteiger partial charge on any atom is 0.276 e. The SMILES string of the molecule is Cc1c(=O)n(-c2c(Cl)cccc2Cl)n2ccc(=O)[nH]c12. The molecule has 20 heavy (non-hydrogen) atoms. The number of aryl methyl sites for hydroxylation is 1. The van der Waals surface area contributed by atoms with E-state index < -0.39 is 0 Å². The zero-order valence-electron chi connectivity index (χ0n) is 10.4. The average Bonchev–Trinajstić information content (AvgIpc) is 2.64. The van der Waals surface area contributed by atoms with E-state index in [1.807, 2.05) is 0 Å². The number of halogens is 2. The summed E-state index contributed by atoms with van der Waals surface area (Å²) in [5.41, 5.74) is 0.644. The summed E-state index contributed by atoms with van der Waals surface area (Å²) in [6, 6.07) is 6.32. The Hall–Kier alpha value is -1.98. The third-order valence-electron chi connectivity index (χ3n) is 3.07. The van der Waals surface area contributed by atoms with Gasteiger partial charge < -0.3 is 4.98 Å². The Balaban J connectivity index is 2.53. The summed E-state index contributed by atoms with van der Waals surface area (Å²) in [5, 5.41) is 0.704. The van der Waals surface area contributed by atoms with Crippen LogP contribution in [0.4, 0.5) is 0 Å². The van der Waals surface area contributed by atoms with Crippen molar-refractivity contribution in [1.29, 1.82) is 0 Å². The summed E-state index contributed by atoms with van der Waals surface area (Å²) in [6.45, 7) is 1.63. The molecule has 2 aromatic heterocycles. The highest BCUT2D eigenvalue weighted by molar-refractivity contribution is 6.37. The average molecular weight is 310 g/mol. The molecule has 2 heterocycles. The van der Waals surface area contributed by atoms with Gasteiger partial charge in [0.25, 0.3) is 11.1 Å². The van der Waals surface area contributed by atoms with Crippen molar-refractivity contribution in [3.8, 4) is 5.69 Å². The molecule has 3 aromatic rings. The number of nitrogens with zero attached hydrogens (tertiary/aromatic N) is 2. The van der Waals surface area contributed by atoms with Gasteiger partial charge in [0, 0.05) is 12.3 Å². The highest BCUT2D eigenvalue weighted by Gasteiger charge is 2.17. The highest BCUT2D eigenvalue weighted by atomic mass is 35.5. The van der Waals surface area contributed by atoms with Gasteiger partial charge >= 0.3 is 0 Å². The van der Waals surface area contributed by atoms with Crippen molar-refractivity contribution in [2.45, 2.75) is 6.92 Å². The van der Waals surface area contributed by atoms with Crippen LogP contribution in [0.2, 0.25) is 10.0 Å². The molecular formula is C13H9Cl2N3O2. The molecule has 0 saturated heterocycles. The molecule has 0 amide bonds. The van der Waals surface area contributed by atoms with E-state index in [0.29, 0.717) is 26.9 Å². The molecule has 0 unspecified atom stereocenters. The number of aromatic amines is 1. The van der Waals surface area contributed by atoms with Gasteiger partial charge in [0.05, 0.1) is 15.6 Å². The lowest BCUT2D eigenvalue weighted by Gasteiger charge is -2.09. The second-order valence-electron chi connectivity index (χ2n) is 4.31. The Morgan fingerprint density at radius 2 is 1.75 bits per heavy atom. The fourth-order valence-electron chi connectivity index (χ4n) is 2.12. The molecule has 0 bridgehead atoms. The number of benzene rings is 1. The standard InChI is InChI=1S/C13H9Cl2N3O2/c1-7-12-16-10(19)5-6-17(12)18(13(7)20)11-8(14)3-2-4-9(11)15/h2-6H,1H3,(H,16,19). The molecule has 7 heteroatoms. The molecule has 0 spiro atoms. The summed E-state index contributed by atoms with van der Waals surface area (Å²) >= 11 is 12.3. The Morgan fingerprint density at radius 1 is 1.10 bits per heavy atom.